The molecule has 2 heterocycles. The van der Waals surface area contributed by atoms with E-state index in [4.69, 9.17) is 0 Å². The normalized spacial score (nSPS) is 17.2. The molecule has 0 amide bonds. The number of rotatable bonds is 7. The van der Waals surface area contributed by atoms with Crippen LogP contribution in [0.15, 0.2) is 63.9 Å². The Kier molecular flexibility index (Phi) is 7.39. The predicted octanol–water partition coefficient (Wildman–Crippen LogP) is 5.11. The number of halogens is 2. The lowest BCUT2D eigenvalue weighted by atomic mass is 10.1. The van der Waals surface area contributed by atoms with Crippen molar-refractivity contribution in [1.29, 1.82) is 0 Å². The first-order valence-corrected chi connectivity index (χ1v) is 13.8. The van der Waals surface area contributed by atoms with Gasteiger partial charge in [-0.3, -0.25) is 0 Å². The minimum atomic E-state index is -3.41. The number of aromatic amines is 1. The van der Waals surface area contributed by atoms with Crippen LogP contribution >= 0.6 is 31.9 Å². The van der Waals surface area contributed by atoms with E-state index in [-0.39, 0.29) is 11.8 Å². The minimum Gasteiger partial charge on any atom is -0.364 e. The second-order valence-corrected chi connectivity index (χ2v) is 11.9. The Morgan fingerprint density at radius 2 is 1.88 bits per heavy atom. The molecule has 4 rings (SSSR count). The van der Waals surface area contributed by atoms with Crippen molar-refractivity contribution in [3.8, 4) is 0 Å². The van der Waals surface area contributed by atoms with Gasteiger partial charge >= 0.3 is 0 Å². The number of imidazole rings is 1. The number of anilines is 1. The van der Waals surface area contributed by atoms with E-state index in [1.54, 1.807) is 10.6 Å². The maximum absolute atomic E-state index is 13.4. The van der Waals surface area contributed by atoms with Crippen molar-refractivity contribution in [2.24, 2.45) is 0 Å². The Labute approximate surface area is 206 Å². The first-order chi connectivity index (χ1) is 15.4. The van der Waals surface area contributed by atoms with Crippen molar-refractivity contribution in [2.75, 3.05) is 17.2 Å². The van der Waals surface area contributed by atoms with Crippen LogP contribution in [0.3, 0.4) is 0 Å². The zero-order valence-corrected chi connectivity index (χ0v) is 21.8. The first kappa shape index (κ1) is 23.5. The fraction of sp³-hybridized carbons (Fsp3) is 0.348. The summed E-state index contributed by atoms with van der Waals surface area (Å²) >= 11 is 7.05. The molecule has 1 aromatic heterocycles. The number of H-pyrrole nitrogens is 1. The summed E-state index contributed by atoms with van der Waals surface area (Å²) in [6, 6.07) is 14.0. The lowest BCUT2D eigenvalue weighted by Crippen LogP contribution is -2.46. The zero-order chi connectivity index (χ0) is 22.7. The van der Waals surface area contributed by atoms with Crippen LogP contribution in [-0.2, 0) is 29.5 Å². The number of hydrogen-bond acceptors (Lipinski definition) is 4. The van der Waals surface area contributed by atoms with Gasteiger partial charge in [0.2, 0.25) is 10.0 Å². The third-order valence-corrected chi connectivity index (χ3v) is 8.75. The largest absolute Gasteiger partial charge is 0.364 e. The summed E-state index contributed by atoms with van der Waals surface area (Å²) in [7, 11) is -3.41. The maximum atomic E-state index is 13.4. The van der Waals surface area contributed by atoms with Gasteiger partial charge < -0.3 is 9.88 Å². The Morgan fingerprint density at radius 3 is 2.56 bits per heavy atom. The number of nitrogens with one attached hydrogen (secondary N) is 1. The number of sulfonamides is 1. The smallest absolute Gasteiger partial charge is 0.214 e. The van der Waals surface area contributed by atoms with Crippen LogP contribution in [0.1, 0.15) is 30.2 Å². The molecule has 1 unspecified atom stereocenters. The molecular formula is C23H26Br2N4O2S. The summed E-state index contributed by atoms with van der Waals surface area (Å²) in [6.45, 7) is 3.46. The van der Waals surface area contributed by atoms with Crippen LogP contribution in [0.2, 0.25) is 0 Å². The summed E-state index contributed by atoms with van der Waals surface area (Å²) in [5, 5.41) is 0. The number of fused-ring (bicyclic) bond motifs is 1. The van der Waals surface area contributed by atoms with Crippen LogP contribution in [0, 0.1) is 0 Å². The fourth-order valence-corrected chi connectivity index (χ4v) is 6.57. The third-order valence-electron chi connectivity index (χ3n) is 5.66. The van der Waals surface area contributed by atoms with Gasteiger partial charge in [-0.05, 0) is 54.3 Å². The maximum Gasteiger partial charge on any atom is 0.214 e. The number of hydrogen-bond donors (Lipinski definition) is 1. The SMILES string of the molecule is CCCS(=O)(=O)N1Cc2cc(Br)ccc2N(Cc2c[nH]cn2)CC1Cc1ccc(Br)cc1. The van der Waals surface area contributed by atoms with Gasteiger partial charge in [-0.15, -0.1) is 0 Å². The average molecular weight is 582 g/mol. The van der Waals surface area contributed by atoms with Gasteiger partial charge in [-0.25, -0.2) is 13.4 Å². The summed E-state index contributed by atoms with van der Waals surface area (Å²) in [6.07, 6.45) is 4.79. The molecule has 1 N–H and O–H groups in total. The highest BCUT2D eigenvalue weighted by Gasteiger charge is 2.35. The second-order valence-electron chi connectivity index (χ2n) is 8.06. The van der Waals surface area contributed by atoms with Crippen LogP contribution < -0.4 is 4.90 Å². The van der Waals surface area contributed by atoms with Gasteiger partial charge in [0, 0.05) is 40.0 Å². The highest BCUT2D eigenvalue weighted by Crippen LogP contribution is 2.33. The molecule has 0 aliphatic carbocycles. The highest BCUT2D eigenvalue weighted by atomic mass is 79.9. The van der Waals surface area contributed by atoms with Crippen molar-refractivity contribution >= 4 is 47.6 Å². The Bertz CT molecular complexity index is 1150. The highest BCUT2D eigenvalue weighted by molar-refractivity contribution is 9.10. The molecule has 1 atom stereocenters. The number of benzene rings is 2. The topological polar surface area (TPSA) is 69.3 Å². The molecule has 0 bridgehead atoms. The fourth-order valence-electron chi connectivity index (χ4n) is 4.21. The van der Waals surface area contributed by atoms with Crippen molar-refractivity contribution in [1.82, 2.24) is 14.3 Å². The molecule has 0 saturated heterocycles. The number of aromatic nitrogens is 2. The van der Waals surface area contributed by atoms with Crippen molar-refractivity contribution in [2.45, 2.75) is 38.9 Å². The molecule has 1 aliphatic rings. The summed E-state index contributed by atoms with van der Waals surface area (Å²) in [5.41, 5.74) is 4.08. The van der Waals surface area contributed by atoms with Gasteiger partial charge in [0.15, 0.2) is 0 Å². The van der Waals surface area contributed by atoms with Gasteiger partial charge in [0.25, 0.3) is 0 Å². The van der Waals surface area contributed by atoms with E-state index < -0.39 is 10.0 Å². The second kappa shape index (κ2) is 10.1. The van der Waals surface area contributed by atoms with Gasteiger partial charge in [-0.1, -0.05) is 50.9 Å². The molecule has 0 radical (unpaired) electrons. The molecule has 0 saturated carbocycles. The van der Waals surface area contributed by atoms with Gasteiger partial charge in [0.1, 0.15) is 0 Å². The van der Waals surface area contributed by atoms with Crippen LogP contribution in [0.25, 0.3) is 0 Å². The van der Waals surface area contributed by atoms with E-state index in [0.717, 1.165) is 31.5 Å². The standard InChI is InChI=1S/C23H26Br2N4O2S/c1-2-9-32(30,31)29-13-18-11-20(25)7-8-23(18)28(14-21-12-26-16-27-21)15-22(29)10-17-3-5-19(24)6-4-17/h3-8,11-12,16,22H,2,9-10,13-15H2,1H3,(H,26,27). The molecular weight excluding hydrogens is 556 g/mol. The van der Waals surface area contributed by atoms with E-state index in [1.165, 1.54) is 0 Å². The first-order valence-electron chi connectivity index (χ1n) is 10.6. The lowest BCUT2D eigenvalue weighted by molar-refractivity contribution is 0.317. The van der Waals surface area contributed by atoms with E-state index >= 15 is 0 Å². The molecule has 1 aliphatic heterocycles. The molecule has 170 valence electrons. The minimum absolute atomic E-state index is 0.145. The van der Waals surface area contributed by atoms with Crippen LogP contribution in [-0.4, -0.2) is 41.0 Å². The summed E-state index contributed by atoms with van der Waals surface area (Å²) < 4.78 is 30.4. The average Bonchev–Trinajstić information content (AvgIpc) is 3.20. The molecule has 9 heteroatoms. The quantitative estimate of drug-likeness (QED) is 0.421. The zero-order valence-electron chi connectivity index (χ0n) is 17.8. The van der Waals surface area contributed by atoms with Crippen LogP contribution in [0.5, 0.6) is 0 Å². The molecule has 0 fully saturated rings. The molecule has 2 aromatic carbocycles. The van der Waals surface area contributed by atoms with Gasteiger partial charge in [-0.2, -0.15) is 4.31 Å². The van der Waals surface area contributed by atoms with Gasteiger partial charge in [0.05, 0.1) is 24.3 Å². The van der Waals surface area contributed by atoms with E-state index in [2.05, 4.69) is 64.9 Å². The summed E-state index contributed by atoms with van der Waals surface area (Å²) in [4.78, 5) is 9.67. The lowest BCUT2D eigenvalue weighted by Gasteiger charge is -2.32. The molecule has 6 nitrogen and oxygen atoms in total. The number of nitrogens with zero attached hydrogens (tertiary/aromatic N) is 3. The van der Waals surface area contributed by atoms with E-state index in [0.29, 0.717) is 32.5 Å². The van der Waals surface area contributed by atoms with Crippen molar-refractivity contribution < 1.29 is 8.42 Å². The van der Waals surface area contributed by atoms with Crippen molar-refractivity contribution in [3.05, 3.63) is 80.8 Å². The molecule has 0 spiro atoms. The summed E-state index contributed by atoms with van der Waals surface area (Å²) in [5.74, 6) is 0.145. The Balaban J connectivity index is 1.76. The molecule has 3 aromatic rings. The van der Waals surface area contributed by atoms with Crippen molar-refractivity contribution in [3.63, 3.8) is 0 Å². The Hall–Kier alpha value is -1.68. The molecule has 32 heavy (non-hydrogen) atoms. The monoisotopic (exact) mass is 580 g/mol. The third kappa shape index (κ3) is 5.44. The Morgan fingerprint density at radius 1 is 1.12 bits per heavy atom. The predicted molar refractivity (Wildman–Crippen MR) is 135 cm³/mol. The van der Waals surface area contributed by atoms with Crippen LogP contribution in [0.4, 0.5) is 5.69 Å². The van der Waals surface area contributed by atoms with E-state index in [9.17, 15) is 8.42 Å². The van der Waals surface area contributed by atoms with E-state index in [1.807, 2.05) is 37.4 Å².